The molecule has 0 aromatic carbocycles. The molecule has 16 heavy (non-hydrogen) atoms. The van der Waals surface area contributed by atoms with Crippen LogP contribution in [0.1, 0.15) is 52.4 Å². The van der Waals surface area contributed by atoms with Gasteiger partial charge in [-0.05, 0) is 35.5 Å². The van der Waals surface area contributed by atoms with Crippen molar-refractivity contribution in [2.75, 3.05) is 0 Å². The lowest BCUT2D eigenvalue weighted by atomic mass is 9.84. The average molecular weight is 267 g/mol. The molecular formula is C12H20Cl2O2. The van der Waals surface area contributed by atoms with Crippen LogP contribution in [0.4, 0.5) is 0 Å². The Kier molecular flexibility index (Phi) is 8.96. The van der Waals surface area contributed by atoms with Crippen molar-refractivity contribution in [3.63, 3.8) is 0 Å². The molecule has 0 N–H and O–H groups in total. The van der Waals surface area contributed by atoms with Gasteiger partial charge in [-0.2, -0.15) is 0 Å². The fraction of sp³-hybridized carbons (Fsp3) is 0.833. The summed E-state index contributed by atoms with van der Waals surface area (Å²) in [5, 5.41) is -0.912. The Morgan fingerprint density at radius 2 is 1.75 bits per heavy atom. The highest BCUT2D eigenvalue weighted by Crippen LogP contribution is 2.28. The molecule has 2 unspecified atom stereocenters. The van der Waals surface area contributed by atoms with Gasteiger partial charge in [-0.1, -0.05) is 39.5 Å². The minimum atomic E-state index is -0.479. The highest BCUT2D eigenvalue weighted by atomic mass is 35.5. The van der Waals surface area contributed by atoms with Crippen molar-refractivity contribution in [3.05, 3.63) is 0 Å². The summed E-state index contributed by atoms with van der Waals surface area (Å²) in [6, 6.07) is 0. The van der Waals surface area contributed by atoms with Crippen molar-refractivity contribution in [2.24, 2.45) is 11.8 Å². The van der Waals surface area contributed by atoms with E-state index in [4.69, 9.17) is 23.2 Å². The van der Waals surface area contributed by atoms with Crippen LogP contribution < -0.4 is 0 Å². The van der Waals surface area contributed by atoms with Crippen LogP contribution >= 0.6 is 23.2 Å². The largest absolute Gasteiger partial charge is 0.281 e. The van der Waals surface area contributed by atoms with E-state index in [-0.39, 0.29) is 12.3 Å². The normalized spacial score (nSPS) is 14.5. The van der Waals surface area contributed by atoms with Crippen molar-refractivity contribution in [1.82, 2.24) is 0 Å². The van der Waals surface area contributed by atoms with Gasteiger partial charge in [0, 0.05) is 12.3 Å². The van der Waals surface area contributed by atoms with E-state index >= 15 is 0 Å². The quantitative estimate of drug-likeness (QED) is 0.465. The Morgan fingerprint density at radius 3 is 2.12 bits per heavy atom. The van der Waals surface area contributed by atoms with Crippen molar-refractivity contribution in [3.8, 4) is 0 Å². The second kappa shape index (κ2) is 9.00. The van der Waals surface area contributed by atoms with E-state index in [0.717, 1.165) is 32.1 Å². The highest BCUT2D eigenvalue weighted by molar-refractivity contribution is 6.66. The number of hydrogen-bond acceptors (Lipinski definition) is 2. The maximum atomic E-state index is 11.3. The van der Waals surface area contributed by atoms with Gasteiger partial charge in [-0.3, -0.25) is 9.59 Å². The van der Waals surface area contributed by atoms with Crippen molar-refractivity contribution < 1.29 is 9.59 Å². The number of halogens is 2. The monoisotopic (exact) mass is 266 g/mol. The van der Waals surface area contributed by atoms with Gasteiger partial charge in [-0.25, -0.2) is 0 Å². The van der Waals surface area contributed by atoms with Gasteiger partial charge in [0.1, 0.15) is 0 Å². The molecule has 2 nitrogen and oxygen atoms in total. The topological polar surface area (TPSA) is 34.1 Å². The van der Waals surface area contributed by atoms with E-state index in [0.29, 0.717) is 0 Å². The van der Waals surface area contributed by atoms with Gasteiger partial charge >= 0.3 is 0 Å². The highest BCUT2D eigenvalue weighted by Gasteiger charge is 2.27. The minimum absolute atomic E-state index is 0.0640. The number of carbonyl (C=O) groups is 2. The van der Waals surface area contributed by atoms with Gasteiger partial charge in [0.15, 0.2) is 0 Å². The molecule has 0 aliphatic heterocycles. The third-order valence-corrected chi connectivity index (χ3v) is 3.38. The maximum absolute atomic E-state index is 11.3. The molecule has 0 bridgehead atoms. The van der Waals surface area contributed by atoms with E-state index in [1.807, 2.05) is 6.92 Å². The van der Waals surface area contributed by atoms with E-state index in [1.165, 1.54) is 0 Å². The summed E-state index contributed by atoms with van der Waals surface area (Å²) in [4.78, 5) is 22.1. The van der Waals surface area contributed by atoms with Crippen LogP contribution in [0.3, 0.4) is 0 Å². The summed E-state index contributed by atoms with van der Waals surface area (Å²) in [6.07, 6.45) is 5.23. The van der Waals surface area contributed by atoms with Gasteiger partial charge < -0.3 is 0 Å². The summed E-state index contributed by atoms with van der Waals surface area (Å²) in [6.45, 7) is 4.15. The van der Waals surface area contributed by atoms with E-state index in [9.17, 15) is 9.59 Å². The van der Waals surface area contributed by atoms with E-state index in [2.05, 4.69) is 6.92 Å². The fourth-order valence-electron chi connectivity index (χ4n) is 1.95. The lowest BCUT2D eigenvalue weighted by Crippen LogP contribution is -2.22. The summed E-state index contributed by atoms with van der Waals surface area (Å²) in [5.41, 5.74) is 0. The van der Waals surface area contributed by atoms with Crippen LogP contribution in [0.25, 0.3) is 0 Å². The lowest BCUT2D eigenvalue weighted by Gasteiger charge is -2.21. The zero-order chi connectivity index (χ0) is 12.6. The van der Waals surface area contributed by atoms with E-state index < -0.39 is 16.4 Å². The molecule has 0 heterocycles. The molecule has 0 amide bonds. The molecule has 0 rings (SSSR count). The molecule has 4 heteroatoms. The molecule has 0 spiro atoms. The fourth-order valence-corrected chi connectivity index (χ4v) is 2.37. The maximum Gasteiger partial charge on any atom is 0.225 e. The van der Waals surface area contributed by atoms with Gasteiger partial charge in [0.2, 0.25) is 10.5 Å². The molecular weight excluding hydrogens is 247 g/mol. The summed E-state index contributed by atoms with van der Waals surface area (Å²) >= 11 is 10.9. The van der Waals surface area contributed by atoms with Crippen LogP contribution in [-0.2, 0) is 9.59 Å². The first-order valence-electron chi connectivity index (χ1n) is 5.90. The standard InChI is InChI=1S/C12H20Cl2O2/c1-3-5-6-7-9(4-2)10(12(14)16)8-11(13)15/h9-10H,3-8H2,1-2H3. The van der Waals surface area contributed by atoms with Crippen molar-refractivity contribution in [2.45, 2.75) is 52.4 Å². The predicted molar refractivity (Wildman–Crippen MR) is 67.8 cm³/mol. The molecule has 94 valence electrons. The Balaban J connectivity index is 4.33. The van der Waals surface area contributed by atoms with Crippen molar-refractivity contribution >= 4 is 33.7 Å². The first kappa shape index (κ1) is 15.9. The minimum Gasteiger partial charge on any atom is -0.281 e. The Bertz CT molecular complexity index is 229. The molecule has 0 aromatic heterocycles. The smallest absolute Gasteiger partial charge is 0.225 e. The Labute approximate surface area is 108 Å². The number of rotatable bonds is 9. The first-order valence-corrected chi connectivity index (χ1v) is 6.66. The van der Waals surface area contributed by atoms with Crippen LogP contribution in [0.5, 0.6) is 0 Å². The van der Waals surface area contributed by atoms with Gasteiger partial charge in [0.05, 0.1) is 0 Å². The SMILES string of the molecule is CCCCCC(CC)C(CC(=O)Cl)C(=O)Cl. The third-order valence-electron chi connectivity index (χ3n) is 2.94. The summed E-state index contributed by atoms with van der Waals surface area (Å²) in [7, 11) is 0. The molecule has 0 fully saturated rings. The summed E-state index contributed by atoms with van der Waals surface area (Å²) < 4.78 is 0. The second-order valence-corrected chi connectivity index (χ2v) is 4.93. The molecule has 0 saturated carbocycles. The molecule has 0 saturated heterocycles. The molecule has 0 aromatic rings. The van der Waals surface area contributed by atoms with Crippen LogP contribution in [0, 0.1) is 11.8 Å². The summed E-state index contributed by atoms with van der Waals surface area (Å²) in [5.74, 6) is -0.229. The number of hydrogen-bond donors (Lipinski definition) is 0. The van der Waals surface area contributed by atoms with Gasteiger partial charge in [-0.15, -0.1) is 0 Å². The number of unbranched alkanes of at least 4 members (excludes halogenated alkanes) is 2. The Morgan fingerprint density at radius 1 is 1.12 bits per heavy atom. The average Bonchev–Trinajstić information content (AvgIpc) is 2.21. The lowest BCUT2D eigenvalue weighted by molar-refractivity contribution is -0.121. The van der Waals surface area contributed by atoms with Crippen LogP contribution in [-0.4, -0.2) is 10.5 Å². The molecule has 0 aliphatic rings. The van der Waals surface area contributed by atoms with Crippen molar-refractivity contribution in [1.29, 1.82) is 0 Å². The molecule has 0 radical (unpaired) electrons. The van der Waals surface area contributed by atoms with Gasteiger partial charge in [0.25, 0.3) is 0 Å². The molecule has 0 aliphatic carbocycles. The third kappa shape index (κ3) is 6.49. The Hall–Kier alpha value is -0.0800. The second-order valence-electron chi connectivity index (χ2n) is 4.13. The number of carbonyl (C=O) groups excluding carboxylic acids is 2. The predicted octanol–water partition coefficient (Wildman–Crippen LogP) is 4.13. The molecule has 2 atom stereocenters. The zero-order valence-electron chi connectivity index (χ0n) is 9.97. The zero-order valence-corrected chi connectivity index (χ0v) is 11.5. The van der Waals surface area contributed by atoms with Crippen LogP contribution in [0.2, 0.25) is 0 Å². The first-order chi connectivity index (χ1) is 7.52. The van der Waals surface area contributed by atoms with E-state index in [1.54, 1.807) is 0 Å². The van der Waals surface area contributed by atoms with Crippen LogP contribution in [0.15, 0.2) is 0 Å².